The van der Waals surface area contributed by atoms with Gasteiger partial charge < -0.3 is 20.3 Å². The summed E-state index contributed by atoms with van der Waals surface area (Å²) in [5.41, 5.74) is 1.61. The van der Waals surface area contributed by atoms with Gasteiger partial charge in [0, 0.05) is 31.4 Å². The molecule has 130 valence electrons. The van der Waals surface area contributed by atoms with Crippen molar-refractivity contribution in [1.82, 2.24) is 15.0 Å². The van der Waals surface area contributed by atoms with E-state index in [0.717, 1.165) is 46.8 Å². The summed E-state index contributed by atoms with van der Waals surface area (Å²) in [5, 5.41) is 13.7. The number of hydrogen-bond acceptors (Lipinski definition) is 7. The minimum absolute atomic E-state index is 0.146. The van der Waals surface area contributed by atoms with Crippen LogP contribution in [0.25, 0.3) is 10.2 Å². The van der Waals surface area contributed by atoms with Gasteiger partial charge in [-0.3, -0.25) is 4.79 Å². The molecule has 0 atom stereocenters. The molecule has 0 aromatic carbocycles. The Kier molecular flexibility index (Phi) is 4.14. The number of nitrogens with one attached hydrogen (secondary N) is 2. The molecule has 0 bridgehead atoms. The van der Waals surface area contributed by atoms with Gasteiger partial charge in [0.25, 0.3) is 0 Å². The lowest BCUT2D eigenvalue weighted by atomic mass is 10.1. The number of fused-ring (bicyclic) bond motifs is 1. The van der Waals surface area contributed by atoms with Crippen LogP contribution in [0, 0.1) is 6.92 Å². The van der Waals surface area contributed by atoms with Crippen molar-refractivity contribution < 1.29 is 5.11 Å². The normalized spacial score (nSPS) is 15.7. The average Bonchev–Trinajstić information content (AvgIpc) is 2.97. The number of aromatic nitrogens is 3. The molecule has 3 N–H and O–H groups in total. The van der Waals surface area contributed by atoms with E-state index in [9.17, 15) is 9.90 Å². The van der Waals surface area contributed by atoms with Crippen LogP contribution in [-0.4, -0.2) is 39.3 Å². The van der Waals surface area contributed by atoms with Crippen LogP contribution >= 0.6 is 11.3 Å². The van der Waals surface area contributed by atoms with Crippen molar-refractivity contribution in [3.8, 4) is 0 Å². The molecule has 0 aliphatic carbocycles. The summed E-state index contributed by atoms with van der Waals surface area (Å²) in [5.74, 6) is 1.25. The minimum Gasteiger partial charge on any atom is -0.393 e. The van der Waals surface area contributed by atoms with Crippen LogP contribution in [0.4, 0.5) is 16.8 Å². The van der Waals surface area contributed by atoms with Gasteiger partial charge in [0.15, 0.2) is 5.13 Å². The molecule has 1 fully saturated rings. The summed E-state index contributed by atoms with van der Waals surface area (Å²) in [6.45, 7) is 3.52. The Morgan fingerprint density at radius 1 is 1.32 bits per heavy atom. The van der Waals surface area contributed by atoms with Crippen molar-refractivity contribution >= 4 is 38.3 Å². The van der Waals surface area contributed by atoms with E-state index in [1.807, 2.05) is 19.1 Å². The third kappa shape index (κ3) is 3.49. The van der Waals surface area contributed by atoms with Gasteiger partial charge in [0.1, 0.15) is 11.6 Å². The van der Waals surface area contributed by atoms with E-state index in [2.05, 4.69) is 20.2 Å². The first-order valence-electron chi connectivity index (χ1n) is 8.24. The Bertz CT molecular complexity index is 959. The van der Waals surface area contributed by atoms with Crippen LogP contribution in [0.3, 0.4) is 0 Å². The molecule has 4 rings (SSSR count). The quantitative estimate of drug-likeness (QED) is 0.666. The van der Waals surface area contributed by atoms with E-state index in [-0.39, 0.29) is 11.7 Å². The third-order valence-electron chi connectivity index (χ3n) is 4.25. The fraction of sp³-hybridized carbons (Fsp3) is 0.353. The maximum atomic E-state index is 11.6. The number of aromatic amines is 1. The van der Waals surface area contributed by atoms with Gasteiger partial charge >= 0.3 is 0 Å². The monoisotopic (exact) mass is 357 g/mol. The standard InChI is InChI=1S/C17H19N5O2S/c1-10-6-15(21-16(24)7-10)20-14-8-12-13(9-18-14)25-17(19-12)22-4-2-11(23)3-5-22/h6-9,11,23H,2-5H2,1H3,(H2,18,20,21,24). The lowest BCUT2D eigenvalue weighted by Gasteiger charge is -2.28. The Hall–Kier alpha value is -2.45. The van der Waals surface area contributed by atoms with E-state index in [1.165, 1.54) is 0 Å². The number of H-pyrrole nitrogens is 1. The van der Waals surface area contributed by atoms with Gasteiger partial charge in [-0.1, -0.05) is 11.3 Å². The van der Waals surface area contributed by atoms with Crippen LogP contribution in [0.1, 0.15) is 18.4 Å². The summed E-state index contributed by atoms with van der Waals surface area (Å²) in [4.78, 5) is 25.6. The Morgan fingerprint density at radius 3 is 2.88 bits per heavy atom. The summed E-state index contributed by atoms with van der Waals surface area (Å²) in [7, 11) is 0. The molecule has 0 saturated carbocycles. The zero-order valence-electron chi connectivity index (χ0n) is 13.8. The van der Waals surface area contributed by atoms with Crippen LogP contribution < -0.4 is 15.8 Å². The van der Waals surface area contributed by atoms with Crippen molar-refractivity contribution in [2.45, 2.75) is 25.9 Å². The van der Waals surface area contributed by atoms with Crippen molar-refractivity contribution in [2.24, 2.45) is 0 Å². The molecule has 7 nitrogen and oxygen atoms in total. The highest BCUT2D eigenvalue weighted by molar-refractivity contribution is 7.22. The van der Waals surface area contributed by atoms with Gasteiger partial charge in [0.2, 0.25) is 5.56 Å². The summed E-state index contributed by atoms with van der Waals surface area (Å²) < 4.78 is 1.02. The predicted molar refractivity (Wildman–Crippen MR) is 100.0 cm³/mol. The number of anilines is 3. The summed E-state index contributed by atoms with van der Waals surface area (Å²) in [6.07, 6.45) is 3.16. The average molecular weight is 357 g/mol. The molecule has 0 spiro atoms. The van der Waals surface area contributed by atoms with E-state index in [4.69, 9.17) is 4.98 Å². The molecule has 1 saturated heterocycles. The molecule has 3 aromatic heterocycles. The molecule has 1 aliphatic rings. The molecule has 0 radical (unpaired) electrons. The Morgan fingerprint density at radius 2 is 2.12 bits per heavy atom. The first-order valence-corrected chi connectivity index (χ1v) is 9.06. The van der Waals surface area contributed by atoms with Crippen LogP contribution in [0.5, 0.6) is 0 Å². The fourth-order valence-electron chi connectivity index (χ4n) is 2.97. The zero-order chi connectivity index (χ0) is 17.4. The molecule has 8 heteroatoms. The molecule has 4 heterocycles. The van der Waals surface area contributed by atoms with Crippen LogP contribution in [0.15, 0.2) is 29.2 Å². The van der Waals surface area contributed by atoms with Gasteiger partial charge in [0.05, 0.1) is 16.3 Å². The fourth-order valence-corrected chi connectivity index (χ4v) is 3.94. The summed E-state index contributed by atoms with van der Waals surface area (Å²) >= 11 is 1.61. The highest BCUT2D eigenvalue weighted by Gasteiger charge is 2.20. The lowest BCUT2D eigenvalue weighted by molar-refractivity contribution is 0.145. The maximum absolute atomic E-state index is 11.6. The second-order valence-corrected chi connectivity index (χ2v) is 7.32. The lowest BCUT2D eigenvalue weighted by Crippen LogP contribution is -2.35. The SMILES string of the molecule is Cc1cc(Nc2cc3nc(N4CCC(O)CC4)sc3cn2)[nH]c(=O)c1. The Labute approximate surface area is 148 Å². The number of thiazole rings is 1. The number of hydrogen-bond donors (Lipinski definition) is 3. The predicted octanol–water partition coefficient (Wildman–Crippen LogP) is 2.39. The summed E-state index contributed by atoms with van der Waals surface area (Å²) in [6, 6.07) is 5.29. The number of nitrogens with zero attached hydrogens (tertiary/aromatic N) is 3. The van der Waals surface area contributed by atoms with Crippen molar-refractivity contribution in [2.75, 3.05) is 23.3 Å². The molecule has 0 unspecified atom stereocenters. The van der Waals surface area contributed by atoms with Crippen molar-refractivity contribution in [1.29, 1.82) is 0 Å². The van der Waals surface area contributed by atoms with E-state index in [1.54, 1.807) is 23.6 Å². The van der Waals surface area contributed by atoms with E-state index in [0.29, 0.717) is 11.6 Å². The molecular weight excluding hydrogens is 338 g/mol. The highest BCUT2D eigenvalue weighted by Crippen LogP contribution is 2.31. The maximum Gasteiger partial charge on any atom is 0.249 e. The number of aliphatic hydroxyl groups excluding tert-OH is 1. The van der Waals surface area contributed by atoms with E-state index >= 15 is 0 Å². The van der Waals surface area contributed by atoms with Crippen molar-refractivity contribution in [3.05, 3.63) is 40.3 Å². The molecule has 1 aliphatic heterocycles. The van der Waals surface area contributed by atoms with Gasteiger partial charge in [-0.05, 0) is 31.4 Å². The highest BCUT2D eigenvalue weighted by atomic mass is 32.1. The first kappa shape index (κ1) is 16.0. The Balaban J connectivity index is 1.58. The minimum atomic E-state index is -0.195. The third-order valence-corrected chi connectivity index (χ3v) is 5.32. The molecule has 3 aromatic rings. The van der Waals surface area contributed by atoms with E-state index < -0.39 is 0 Å². The number of rotatable bonds is 3. The zero-order valence-corrected chi connectivity index (χ0v) is 14.6. The largest absolute Gasteiger partial charge is 0.393 e. The number of piperidine rings is 1. The molecule has 25 heavy (non-hydrogen) atoms. The number of aliphatic hydroxyl groups is 1. The van der Waals surface area contributed by atoms with Crippen molar-refractivity contribution in [3.63, 3.8) is 0 Å². The number of aryl methyl sites for hydroxylation is 1. The van der Waals surface area contributed by atoms with Gasteiger partial charge in [-0.15, -0.1) is 0 Å². The second-order valence-electron chi connectivity index (χ2n) is 6.31. The van der Waals surface area contributed by atoms with Crippen LogP contribution in [-0.2, 0) is 0 Å². The topological polar surface area (TPSA) is 94.1 Å². The second kappa shape index (κ2) is 6.45. The van der Waals surface area contributed by atoms with Crippen LogP contribution in [0.2, 0.25) is 0 Å². The van der Waals surface area contributed by atoms with Gasteiger partial charge in [-0.2, -0.15) is 0 Å². The molecule has 0 amide bonds. The molecular formula is C17H19N5O2S. The smallest absolute Gasteiger partial charge is 0.249 e. The first-order chi connectivity index (χ1) is 12.1. The number of pyridine rings is 2. The van der Waals surface area contributed by atoms with Gasteiger partial charge in [-0.25, -0.2) is 9.97 Å².